The fourth-order valence-electron chi connectivity index (χ4n) is 2.84. The second-order valence-corrected chi connectivity index (χ2v) is 8.31. The number of carbonyl (C=O) groups excluding carboxylic acids is 2. The van der Waals surface area contributed by atoms with Gasteiger partial charge in [0, 0.05) is 17.1 Å². The van der Waals surface area contributed by atoms with Gasteiger partial charge >= 0.3 is 0 Å². The zero-order valence-corrected chi connectivity index (χ0v) is 17.8. The molecule has 0 aliphatic carbocycles. The van der Waals surface area contributed by atoms with Crippen LogP contribution in [0.1, 0.15) is 6.42 Å². The van der Waals surface area contributed by atoms with Gasteiger partial charge in [-0.3, -0.25) is 9.59 Å². The molecule has 2 N–H and O–H groups in total. The first-order valence-corrected chi connectivity index (χ1v) is 10.8. The van der Waals surface area contributed by atoms with E-state index in [0.717, 1.165) is 5.69 Å². The van der Waals surface area contributed by atoms with Gasteiger partial charge < -0.3 is 15.4 Å². The van der Waals surface area contributed by atoms with Gasteiger partial charge in [0.25, 0.3) is 0 Å². The van der Waals surface area contributed by atoms with E-state index < -0.39 is 5.25 Å². The van der Waals surface area contributed by atoms with E-state index in [4.69, 9.17) is 16.3 Å². The molecule has 1 atom stereocenters. The minimum atomic E-state index is -0.519. The molecule has 0 radical (unpaired) electrons. The third-order valence-corrected chi connectivity index (χ3v) is 5.66. The van der Waals surface area contributed by atoms with Crippen LogP contribution in [0.2, 0.25) is 5.02 Å². The molecule has 1 heterocycles. The summed E-state index contributed by atoms with van der Waals surface area (Å²) in [7, 11) is 0. The van der Waals surface area contributed by atoms with Crippen molar-refractivity contribution < 1.29 is 14.3 Å². The summed E-state index contributed by atoms with van der Waals surface area (Å²) >= 11 is 7.13. The van der Waals surface area contributed by atoms with Crippen LogP contribution < -0.4 is 15.4 Å². The predicted molar refractivity (Wildman–Crippen MR) is 124 cm³/mol. The van der Waals surface area contributed by atoms with Crippen LogP contribution in [0.4, 0.5) is 11.4 Å². The van der Waals surface area contributed by atoms with Crippen LogP contribution in [-0.2, 0) is 9.59 Å². The number of carbonyl (C=O) groups is 2. The maximum Gasteiger partial charge on any atom is 0.240 e. The molecule has 0 spiro atoms. The largest absolute Gasteiger partial charge is 0.457 e. The quantitative estimate of drug-likeness (QED) is 0.527. The summed E-state index contributed by atoms with van der Waals surface area (Å²) in [5, 5.41) is 6.15. The third-order valence-electron chi connectivity index (χ3n) is 4.32. The second kappa shape index (κ2) is 9.68. The van der Waals surface area contributed by atoms with E-state index in [1.54, 1.807) is 48.5 Å². The van der Waals surface area contributed by atoms with Gasteiger partial charge in [-0.2, -0.15) is 0 Å². The lowest BCUT2D eigenvalue weighted by atomic mass is 10.2. The summed E-state index contributed by atoms with van der Waals surface area (Å²) in [6.45, 7) is 0. The van der Waals surface area contributed by atoms with Gasteiger partial charge in [0.1, 0.15) is 16.7 Å². The van der Waals surface area contributed by atoms with E-state index in [-0.39, 0.29) is 18.2 Å². The monoisotopic (exact) mass is 451 g/mol. The molecule has 0 unspecified atom stereocenters. The van der Waals surface area contributed by atoms with Crippen molar-refractivity contribution >= 4 is 51.7 Å². The fraction of sp³-hybridized carbons (Fsp3) is 0.0870. The molecule has 4 rings (SSSR count). The number of nitrogens with zero attached hydrogens (tertiary/aromatic N) is 1. The average molecular weight is 452 g/mol. The number of aliphatic imine (C=N–C) groups is 1. The molecule has 1 fully saturated rings. The van der Waals surface area contributed by atoms with Crippen molar-refractivity contribution in [2.24, 2.45) is 4.99 Å². The summed E-state index contributed by atoms with van der Waals surface area (Å²) in [5.41, 5.74) is 1.37. The highest BCUT2D eigenvalue weighted by Gasteiger charge is 2.32. The highest BCUT2D eigenvalue weighted by atomic mass is 35.5. The molecule has 0 aromatic heterocycles. The zero-order chi connectivity index (χ0) is 21.6. The molecule has 0 saturated carbocycles. The lowest BCUT2D eigenvalue weighted by Gasteiger charge is -2.09. The Morgan fingerprint density at radius 2 is 1.65 bits per heavy atom. The smallest absolute Gasteiger partial charge is 0.240 e. The number of rotatable bonds is 6. The summed E-state index contributed by atoms with van der Waals surface area (Å²) < 4.78 is 5.73. The summed E-state index contributed by atoms with van der Waals surface area (Å²) in [6.07, 6.45) is 0.0489. The van der Waals surface area contributed by atoms with E-state index in [2.05, 4.69) is 15.6 Å². The van der Waals surface area contributed by atoms with Gasteiger partial charge in [0.05, 0.1) is 5.69 Å². The van der Waals surface area contributed by atoms with E-state index >= 15 is 0 Å². The Hall–Kier alpha value is -3.29. The number of ether oxygens (including phenoxy) is 1. The van der Waals surface area contributed by atoms with Crippen LogP contribution in [0, 0.1) is 0 Å². The van der Waals surface area contributed by atoms with Crippen molar-refractivity contribution in [1.29, 1.82) is 0 Å². The molecule has 8 heteroatoms. The van der Waals surface area contributed by atoms with Crippen molar-refractivity contribution in [2.75, 3.05) is 5.32 Å². The molecule has 3 aromatic carbocycles. The number of nitrogens with one attached hydrogen (secondary N) is 2. The van der Waals surface area contributed by atoms with Crippen LogP contribution in [0.5, 0.6) is 11.5 Å². The van der Waals surface area contributed by atoms with E-state index in [9.17, 15) is 9.59 Å². The third kappa shape index (κ3) is 5.87. The summed E-state index contributed by atoms with van der Waals surface area (Å²) in [6, 6.07) is 23.4. The molecule has 31 heavy (non-hydrogen) atoms. The van der Waals surface area contributed by atoms with Crippen LogP contribution in [0.15, 0.2) is 83.9 Å². The number of para-hydroxylation sites is 1. The van der Waals surface area contributed by atoms with Crippen molar-refractivity contribution in [3.63, 3.8) is 0 Å². The molecule has 2 amide bonds. The molecule has 0 bridgehead atoms. The van der Waals surface area contributed by atoms with Crippen LogP contribution in [0.25, 0.3) is 0 Å². The number of halogens is 1. The number of benzene rings is 3. The lowest BCUT2D eigenvalue weighted by molar-refractivity contribution is -0.122. The molecule has 3 aromatic rings. The van der Waals surface area contributed by atoms with Gasteiger partial charge in [0.15, 0.2) is 5.17 Å². The van der Waals surface area contributed by atoms with Crippen LogP contribution in [0.3, 0.4) is 0 Å². The molecular weight excluding hydrogens is 434 g/mol. The fourth-order valence-corrected chi connectivity index (χ4v) is 3.95. The Kier molecular flexibility index (Phi) is 6.54. The average Bonchev–Trinajstić information content (AvgIpc) is 3.10. The molecular formula is C23H18ClN3O3S. The maximum absolute atomic E-state index is 12.4. The molecule has 1 aliphatic heterocycles. The zero-order valence-electron chi connectivity index (χ0n) is 16.2. The Labute approximate surface area is 188 Å². The highest BCUT2D eigenvalue weighted by Crippen LogP contribution is 2.27. The van der Waals surface area contributed by atoms with E-state index in [0.29, 0.717) is 27.4 Å². The first kappa shape index (κ1) is 21.0. The minimum Gasteiger partial charge on any atom is -0.457 e. The second-order valence-electron chi connectivity index (χ2n) is 6.68. The van der Waals surface area contributed by atoms with Crippen molar-refractivity contribution in [2.45, 2.75) is 11.7 Å². The maximum atomic E-state index is 12.4. The normalized spacial score (nSPS) is 16.7. The Bertz CT molecular complexity index is 1100. The first-order valence-electron chi connectivity index (χ1n) is 9.50. The van der Waals surface area contributed by atoms with E-state index in [1.165, 1.54) is 11.8 Å². The van der Waals surface area contributed by atoms with Gasteiger partial charge in [-0.15, -0.1) is 0 Å². The number of thioether (sulfide) groups is 1. The number of amidine groups is 1. The van der Waals surface area contributed by atoms with Crippen molar-refractivity contribution in [1.82, 2.24) is 5.32 Å². The van der Waals surface area contributed by atoms with Gasteiger partial charge in [-0.25, -0.2) is 4.99 Å². The highest BCUT2D eigenvalue weighted by molar-refractivity contribution is 8.15. The van der Waals surface area contributed by atoms with Crippen LogP contribution in [-0.4, -0.2) is 22.2 Å². The number of amides is 2. The summed E-state index contributed by atoms with van der Waals surface area (Å²) in [4.78, 5) is 29.0. The van der Waals surface area contributed by atoms with Crippen molar-refractivity contribution in [3.8, 4) is 11.5 Å². The van der Waals surface area contributed by atoms with E-state index in [1.807, 2.05) is 30.3 Å². The van der Waals surface area contributed by atoms with Crippen LogP contribution >= 0.6 is 23.4 Å². The number of hydrogen-bond acceptors (Lipinski definition) is 5. The first-order chi connectivity index (χ1) is 15.0. The van der Waals surface area contributed by atoms with Gasteiger partial charge in [-0.1, -0.05) is 41.6 Å². The van der Waals surface area contributed by atoms with Gasteiger partial charge in [-0.05, 0) is 60.7 Å². The molecule has 1 saturated heterocycles. The topological polar surface area (TPSA) is 79.8 Å². The Morgan fingerprint density at radius 3 is 2.32 bits per heavy atom. The molecule has 156 valence electrons. The number of anilines is 1. The lowest BCUT2D eigenvalue weighted by Crippen LogP contribution is -2.28. The molecule has 1 aliphatic rings. The predicted octanol–water partition coefficient (Wildman–Crippen LogP) is 5.38. The molecule has 6 nitrogen and oxygen atoms in total. The summed E-state index contributed by atoms with van der Waals surface area (Å²) in [5.74, 6) is 0.827. The van der Waals surface area contributed by atoms with Crippen molar-refractivity contribution in [3.05, 3.63) is 83.9 Å². The standard InChI is InChI=1S/C23H18ClN3O3S/c24-15-6-10-18(11-7-15)30-19-12-8-17(9-13-19)25-21(28)14-20-22(29)27-23(31-20)26-16-4-2-1-3-5-16/h1-13,20H,14H2,(H,25,28)(H,26,27,29)/t20-/m1/s1. The minimum absolute atomic E-state index is 0.0489. The SMILES string of the molecule is O=C(C[C@H]1SC(=Nc2ccccc2)NC1=O)Nc1ccc(Oc2ccc(Cl)cc2)cc1. The number of hydrogen-bond donors (Lipinski definition) is 2. The Morgan fingerprint density at radius 1 is 1.00 bits per heavy atom. The van der Waals surface area contributed by atoms with Gasteiger partial charge in [0.2, 0.25) is 11.8 Å². The Balaban J connectivity index is 1.31.